The third kappa shape index (κ3) is 3.45. The average molecular weight is 405 g/mol. The molecule has 1 fully saturated rings. The number of carbonyl (C=O) groups excluding carboxylic acids is 1. The highest BCUT2D eigenvalue weighted by molar-refractivity contribution is 5.97. The number of benzene rings is 2. The molecule has 1 N–H and O–H groups in total. The van der Waals surface area contributed by atoms with E-state index in [0.717, 1.165) is 16.8 Å². The zero-order valence-corrected chi connectivity index (χ0v) is 16.2. The Hall–Kier alpha value is -3.88. The summed E-state index contributed by atoms with van der Waals surface area (Å²) in [6.45, 7) is 1.29. The van der Waals surface area contributed by atoms with Gasteiger partial charge in [0.25, 0.3) is 11.8 Å². The average Bonchev–Trinajstić information content (AvgIpc) is 3.40. The zero-order chi connectivity index (χ0) is 20.5. The van der Waals surface area contributed by atoms with Crippen molar-refractivity contribution in [2.45, 2.75) is 12.5 Å². The summed E-state index contributed by atoms with van der Waals surface area (Å²) in [5, 5.41) is 4.04. The van der Waals surface area contributed by atoms with Crippen LogP contribution in [0, 0.1) is 0 Å². The predicted molar refractivity (Wildman–Crippen MR) is 106 cm³/mol. The molecule has 9 heteroatoms. The van der Waals surface area contributed by atoms with Gasteiger partial charge in [0.2, 0.25) is 0 Å². The van der Waals surface area contributed by atoms with Crippen molar-refractivity contribution < 1.29 is 18.8 Å². The highest BCUT2D eigenvalue weighted by Crippen LogP contribution is 2.27. The van der Waals surface area contributed by atoms with Gasteiger partial charge in [0.15, 0.2) is 12.4 Å². The number of aromatic amines is 1. The number of imidazole rings is 1. The number of likely N-dealkylation sites (tertiary alicyclic amines) is 1. The topological polar surface area (TPSA) is 106 Å². The zero-order valence-electron chi connectivity index (χ0n) is 16.2. The third-order valence-electron chi connectivity index (χ3n) is 5.11. The second-order valence-electron chi connectivity index (χ2n) is 7.05. The fraction of sp³-hybridized carbons (Fsp3) is 0.238. The number of H-pyrrole nitrogens is 1. The van der Waals surface area contributed by atoms with E-state index in [-0.39, 0.29) is 18.4 Å². The van der Waals surface area contributed by atoms with Gasteiger partial charge in [0.1, 0.15) is 11.5 Å². The summed E-state index contributed by atoms with van der Waals surface area (Å²) in [4.78, 5) is 26.0. The minimum absolute atomic E-state index is 0.0192. The molecule has 1 amide bonds. The normalized spacial score (nSPS) is 14.0. The maximum Gasteiger partial charge on any atom is 0.264 e. The fourth-order valence-corrected chi connectivity index (χ4v) is 3.37. The molecule has 1 aliphatic rings. The van der Waals surface area contributed by atoms with Crippen LogP contribution in [0.4, 0.5) is 0 Å². The molecule has 0 saturated carbocycles. The quantitative estimate of drug-likeness (QED) is 0.526. The number of carbonyl (C=O) groups is 1. The Bertz CT molecular complexity index is 1180. The second-order valence-corrected chi connectivity index (χ2v) is 7.05. The van der Waals surface area contributed by atoms with E-state index in [1.54, 1.807) is 24.4 Å². The van der Waals surface area contributed by atoms with E-state index in [1.165, 1.54) is 0 Å². The van der Waals surface area contributed by atoms with Gasteiger partial charge < -0.3 is 23.9 Å². The number of nitrogens with zero attached hydrogens (tertiary/aromatic N) is 4. The van der Waals surface area contributed by atoms with Crippen molar-refractivity contribution in [1.29, 1.82) is 0 Å². The van der Waals surface area contributed by atoms with Gasteiger partial charge in [-0.25, -0.2) is 4.98 Å². The van der Waals surface area contributed by atoms with E-state index in [4.69, 9.17) is 14.0 Å². The number of nitrogens with one attached hydrogen (secondary N) is 1. The first kappa shape index (κ1) is 18.2. The Labute approximate surface area is 171 Å². The Balaban J connectivity index is 1.16. The van der Waals surface area contributed by atoms with Gasteiger partial charge in [-0.3, -0.25) is 4.79 Å². The van der Waals surface area contributed by atoms with Crippen LogP contribution in [0.3, 0.4) is 0 Å². The molecule has 0 radical (unpaired) electrons. The maximum atomic E-state index is 12.7. The summed E-state index contributed by atoms with van der Waals surface area (Å²) in [7, 11) is 1.61. The number of hydrogen-bond donors (Lipinski definition) is 1. The van der Waals surface area contributed by atoms with Gasteiger partial charge in [-0.2, -0.15) is 4.98 Å². The van der Waals surface area contributed by atoms with Crippen LogP contribution in [-0.4, -0.2) is 51.1 Å². The largest absolute Gasteiger partial charge is 0.497 e. The first-order valence-electron chi connectivity index (χ1n) is 9.51. The Morgan fingerprint density at radius 1 is 1.20 bits per heavy atom. The Morgan fingerprint density at radius 3 is 2.80 bits per heavy atom. The summed E-state index contributed by atoms with van der Waals surface area (Å²) >= 11 is 0. The molecule has 30 heavy (non-hydrogen) atoms. The van der Waals surface area contributed by atoms with Crippen molar-refractivity contribution in [1.82, 2.24) is 25.0 Å². The molecule has 1 saturated heterocycles. The molecule has 0 bridgehead atoms. The lowest BCUT2D eigenvalue weighted by atomic mass is 9.98. The van der Waals surface area contributed by atoms with E-state index in [0.29, 0.717) is 36.1 Å². The summed E-state index contributed by atoms with van der Waals surface area (Å²) < 4.78 is 16.1. The highest BCUT2D eigenvalue weighted by atomic mass is 16.5. The molecule has 152 valence electrons. The molecule has 2 aromatic carbocycles. The van der Waals surface area contributed by atoms with E-state index in [9.17, 15) is 4.79 Å². The van der Waals surface area contributed by atoms with Crippen molar-refractivity contribution >= 4 is 16.9 Å². The molecule has 0 atom stereocenters. The minimum Gasteiger partial charge on any atom is -0.497 e. The number of methoxy groups -OCH3 is 1. The third-order valence-corrected chi connectivity index (χ3v) is 5.11. The van der Waals surface area contributed by atoms with E-state index < -0.39 is 0 Å². The smallest absolute Gasteiger partial charge is 0.264 e. The molecular weight excluding hydrogens is 386 g/mol. The van der Waals surface area contributed by atoms with Crippen LogP contribution in [0.1, 0.15) is 28.0 Å². The number of fused-ring (bicyclic) bond motifs is 1. The van der Waals surface area contributed by atoms with Crippen LogP contribution in [0.2, 0.25) is 0 Å². The van der Waals surface area contributed by atoms with E-state index in [1.807, 2.05) is 36.4 Å². The lowest BCUT2D eigenvalue weighted by Gasteiger charge is -2.37. The number of rotatable bonds is 6. The summed E-state index contributed by atoms with van der Waals surface area (Å²) in [5.74, 6) is 2.48. The number of amides is 1. The minimum atomic E-state index is -0.0192. The molecule has 1 aliphatic heterocycles. The van der Waals surface area contributed by atoms with Crippen LogP contribution >= 0.6 is 0 Å². The van der Waals surface area contributed by atoms with Gasteiger partial charge in [0, 0.05) is 18.7 Å². The molecule has 0 unspecified atom stereocenters. The standard InChI is InChI=1S/C21H19N5O4/c1-28-15-3-5-16(6-4-15)29-11-19-24-20(25-30-19)14-9-26(10-14)21(27)13-2-7-17-18(8-13)23-12-22-17/h2-8,12,14H,9-11H2,1H3,(H,22,23). The molecule has 9 nitrogen and oxygen atoms in total. The SMILES string of the molecule is COc1ccc(OCc2nc(C3CN(C(=O)c4ccc5nc[nH]c5c4)C3)no2)cc1. The molecular formula is C21H19N5O4. The van der Waals surface area contributed by atoms with Crippen LogP contribution in [-0.2, 0) is 6.61 Å². The fourth-order valence-electron chi connectivity index (χ4n) is 3.37. The summed E-state index contributed by atoms with van der Waals surface area (Å²) in [6.07, 6.45) is 1.62. The number of ether oxygens (including phenoxy) is 2. The summed E-state index contributed by atoms with van der Waals surface area (Å²) in [6, 6.07) is 12.7. The lowest BCUT2D eigenvalue weighted by Crippen LogP contribution is -2.48. The highest BCUT2D eigenvalue weighted by Gasteiger charge is 2.35. The van der Waals surface area contributed by atoms with Crippen LogP contribution in [0.5, 0.6) is 11.5 Å². The van der Waals surface area contributed by atoms with Crippen molar-refractivity contribution in [2.24, 2.45) is 0 Å². The van der Waals surface area contributed by atoms with Crippen LogP contribution < -0.4 is 9.47 Å². The molecule has 5 rings (SSSR count). The van der Waals surface area contributed by atoms with E-state index in [2.05, 4.69) is 20.1 Å². The van der Waals surface area contributed by atoms with E-state index >= 15 is 0 Å². The number of aromatic nitrogens is 4. The van der Waals surface area contributed by atoms with Crippen LogP contribution in [0.15, 0.2) is 53.3 Å². The van der Waals surface area contributed by atoms with Gasteiger partial charge in [-0.15, -0.1) is 0 Å². The monoisotopic (exact) mass is 405 g/mol. The van der Waals surface area contributed by atoms with Crippen molar-refractivity contribution in [2.75, 3.05) is 20.2 Å². The lowest BCUT2D eigenvalue weighted by molar-refractivity contribution is 0.0592. The van der Waals surface area contributed by atoms with Crippen molar-refractivity contribution in [3.8, 4) is 11.5 Å². The Kier molecular flexibility index (Phi) is 4.55. The Morgan fingerprint density at radius 2 is 2.00 bits per heavy atom. The maximum absolute atomic E-state index is 12.7. The van der Waals surface area contributed by atoms with Crippen LogP contribution in [0.25, 0.3) is 11.0 Å². The predicted octanol–water partition coefficient (Wildman–Crippen LogP) is 2.77. The molecule has 2 aromatic heterocycles. The second kappa shape index (κ2) is 7.51. The number of hydrogen-bond acceptors (Lipinski definition) is 7. The van der Waals surface area contributed by atoms with Gasteiger partial charge in [-0.1, -0.05) is 5.16 Å². The van der Waals surface area contributed by atoms with Crippen molar-refractivity contribution in [3.05, 3.63) is 66.1 Å². The van der Waals surface area contributed by atoms with Crippen molar-refractivity contribution in [3.63, 3.8) is 0 Å². The molecule has 0 spiro atoms. The first-order valence-corrected chi connectivity index (χ1v) is 9.51. The molecule has 4 aromatic rings. The first-order chi connectivity index (χ1) is 14.7. The van der Waals surface area contributed by atoms with Gasteiger partial charge in [-0.05, 0) is 42.5 Å². The molecule has 0 aliphatic carbocycles. The van der Waals surface area contributed by atoms with Gasteiger partial charge in [0.05, 0.1) is 30.4 Å². The summed E-state index contributed by atoms with van der Waals surface area (Å²) in [5.41, 5.74) is 2.31. The molecule has 3 heterocycles. The van der Waals surface area contributed by atoms with Gasteiger partial charge >= 0.3 is 0 Å².